The van der Waals surface area contributed by atoms with Crippen molar-refractivity contribution in [2.24, 2.45) is 0 Å². The van der Waals surface area contributed by atoms with Gasteiger partial charge in [-0.05, 0) is 52.2 Å². The van der Waals surface area contributed by atoms with E-state index in [2.05, 4.69) is 0 Å². The van der Waals surface area contributed by atoms with Gasteiger partial charge in [0.05, 0.1) is 13.7 Å². The van der Waals surface area contributed by atoms with Crippen LogP contribution in [0.3, 0.4) is 0 Å². The third-order valence-corrected chi connectivity index (χ3v) is 4.38. The number of nitrogens with zero attached hydrogens (tertiary/aromatic N) is 1. The summed E-state index contributed by atoms with van der Waals surface area (Å²) in [5.74, 6) is -0.259. The average molecular weight is 379 g/mol. The van der Waals surface area contributed by atoms with Crippen LogP contribution < -0.4 is 9.47 Å². The summed E-state index contributed by atoms with van der Waals surface area (Å²) in [5.41, 5.74) is -0.449. The van der Waals surface area contributed by atoms with Crippen LogP contribution in [0.5, 0.6) is 11.5 Å². The van der Waals surface area contributed by atoms with E-state index in [4.69, 9.17) is 14.2 Å². The van der Waals surface area contributed by atoms with Gasteiger partial charge in [0.2, 0.25) is 0 Å². The molecule has 1 fully saturated rings. The van der Waals surface area contributed by atoms with Crippen LogP contribution in [0.2, 0.25) is 0 Å². The fourth-order valence-corrected chi connectivity index (χ4v) is 3.09. The number of aromatic carboxylic acids is 1. The third-order valence-electron chi connectivity index (χ3n) is 4.38. The minimum absolute atomic E-state index is 0.0208. The van der Waals surface area contributed by atoms with Gasteiger partial charge in [-0.25, -0.2) is 9.59 Å². The number of piperidine rings is 1. The van der Waals surface area contributed by atoms with Crippen LogP contribution in [-0.4, -0.2) is 54.0 Å². The van der Waals surface area contributed by atoms with Gasteiger partial charge in [-0.2, -0.15) is 0 Å². The molecule has 150 valence electrons. The Morgan fingerprint density at radius 3 is 2.63 bits per heavy atom. The van der Waals surface area contributed by atoms with E-state index >= 15 is 0 Å². The number of amides is 1. The summed E-state index contributed by atoms with van der Waals surface area (Å²) < 4.78 is 16.4. The number of rotatable bonds is 6. The molecular formula is C20H29NO6. The predicted octanol–water partition coefficient (Wildman–Crippen LogP) is 3.95. The average Bonchev–Trinajstić information content (AvgIpc) is 2.60. The lowest BCUT2D eigenvalue weighted by atomic mass is 10.0. The van der Waals surface area contributed by atoms with E-state index in [1.54, 1.807) is 17.0 Å². The van der Waals surface area contributed by atoms with Crippen LogP contribution in [0.4, 0.5) is 4.79 Å². The van der Waals surface area contributed by atoms with Gasteiger partial charge in [-0.1, -0.05) is 0 Å². The highest BCUT2D eigenvalue weighted by Crippen LogP contribution is 2.27. The van der Waals surface area contributed by atoms with E-state index in [-0.39, 0.29) is 23.4 Å². The van der Waals surface area contributed by atoms with Crippen molar-refractivity contribution in [3.63, 3.8) is 0 Å². The van der Waals surface area contributed by atoms with Crippen LogP contribution in [-0.2, 0) is 4.74 Å². The Hall–Kier alpha value is -2.44. The number of methoxy groups -OCH3 is 1. The summed E-state index contributed by atoms with van der Waals surface area (Å²) in [6.45, 7) is 6.52. The van der Waals surface area contributed by atoms with Crippen LogP contribution in [0.15, 0.2) is 18.2 Å². The van der Waals surface area contributed by atoms with Crippen LogP contribution in [0.1, 0.15) is 56.8 Å². The second-order valence-electron chi connectivity index (χ2n) is 7.63. The van der Waals surface area contributed by atoms with Crippen molar-refractivity contribution < 1.29 is 28.9 Å². The van der Waals surface area contributed by atoms with Crippen molar-refractivity contribution in [2.45, 2.75) is 58.1 Å². The Bertz CT molecular complexity index is 667. The number of likely N-dealkylation sites (tertiary alicyclic amines) is 1. The van der Waals surface area contributed by atoms with Crippen molar-refractivity contribution in [3.05, 3.63) is 23.8 Å². The molecule has 2 rings (SSSR count). The molecule has 1 aliphatic rings. The second kappa shape index (κ2) is 8.97. The smallest absolute Gasteiger partial charge is 0.410 e. The molecule has 1 saturated heterocycles. The molecule has 7 nitrogen and oxygen atoms in total. The van der Waals surface area contributed by atoms with Crippen molar-refractivity contribution in [1.82, 2.24) is 4.90 Å². The number of carbonyl (C=O) groups excluding carboxylic acids is 1. The molecule has 1 unspecified atom stereocenters. The first-order valence-corrected chi connectivity index (χ1v) is 9.25. The Balaban J connectivity index is 2.00. The Labute approximate surface area is 160 Å². The Morgan fingerprint density at radius 1 is 1.26 bits per heavy atom. The molecule has 0 bridgehead atoms. The maximum absolute atomic E-state index is 12.5. The lowest BCUT2D eigenvalue weighted by Gasteiger charge is -2.36. The largest absolute Gasteiger partial charge is 0.497 e. The maximum atomic E-state index is 12.5. The number of carboxylic acids is 1. The zero-order chi connectivity index (χ0) is 20.0. The highest BCUT2D eigenvalue weighted by molar-refractivity contribution is 5.91. The monoisotopic (exact) mass is 379 g/mol. The molecule has 0 saturated carbocycles. The SMILES string of the molecule is COc1ccc(C(=O)O)c(OCCC2CCCCN2C(=O)OC(C)(C)C)c1. The van der Waals surface area contributed by atoms with E-state index in [1.165, 1.54) is 13.2 Å². The molecule has 0 aliphatic carbocycles. The van der Waals surface area contributed by atoms with E-state index in [0.717, 1.165) is 19.3 Å². The molecule has 1 aromatic carbocycles. The zero-order valence-electron chi connectivity index (χ0n) is 16.5. The lowest BCUT2D eigenvalue weighted by molar-refractivity contribution is 0.00743. The van der Waals surface area contributed by atoms with Crippen molar-refractivity contribution in [3.8, 4) is 11.5 Å². The second-order valence-corrected chi connectivity index (χ2v) is 7.63. The van der Waals surface area contributed by atoms with E-state index in [0.29, 0.717) is 25.3 Å². The summed E-state index contributed by atoms with van der Waals surface area (Å²) in [7, 11) is 1.51. The summed E-state index contributed by atoms with van der Waals surface area (Å²) in [6, 6.07) is 4.63. The van der Waals surface area contributed by atoms with Gasteiger partial charge in [0, 0.05) is 25.1 Å². The van der Waals surface area contributed by atoms with Crippen molar-refractivity contribution >= 4 is 12.1 Å². The summed E-state index contributed by atoms with van der Waals surface area (Å²) >= 11 is 0. The standard InChI is InChI=1S/C20H29NO6/c1-20(2,3)27-19(24)21-11-6-5-7-14(21)10-12-26-17-13-15(25-4)8-9-16(17)18(22)23/h8-9,13-14H,5-7,10-12H2,1-4H3,(H,22,23). The Morgan fingerprint density at radius 2 is 2.00 bits per heavy atom. The highest BCUT2D eigenvalue weighted by Gasteiger charge is 2.30. The first kappa shape index (κ1) is 20.9. The molecule has 7 heteroatoms. The molecule has 0 radical (unpaired) electrons. The molecular weight excluding hydrogens is 350 g/mol. The molecule has 1 N–H and O–H groups in total. The molecule has 1 atom stereocenters. The minimum Gasteiger partial charge on any atom is -0.497 e. The van der Waals surface area contributed by atoms with Gasteiger partial charge < -0.3 is 24.2 Å². The molecule has 1 heterocycles. The van der Waals surface area contributed by atoms with Crippen LogP contribution >= 0.6 is 0 Å². The van der Waals surface area contributed by atoms with E-state index in [1.807, 2.05) is 20.8 Å². The van der Waals surface area contributed by atoms with E-state index < -0.39 is 11.6 Å². The van der Waals surface area contributed by atoms with Crippen LogP contribution in [0.25, 0.3) is 0 Å². The topological polar surface area (TPSA) is 85.3 Å². The lowest BCUT2D eigenvalue weighted by Crippen LogP contribution is -2.46. The summed E-state index contributed by atoms with van der Waals surface area (Å²) in [5, 5.41) is 9.31. The van der Waals surface area contributed by atoms with Gasteiger partial charge in [0.25, 0.3) is 0 Å². The number of ether oxygens (including phenoxy) is 3. The molecule has 0 spiro atoms. The van der Waals surface area contributed by atoms with E-state index in [9.17, 15) is 14.7 Å². The van der Waals surface area contributed by atoms with Gasteiger partial charge in [0.15, 0.2) is 0 Å². The van der Waals surface area contributed by atoms with Gasteiger partial charge in [-0.15, -0.1) is 0 Å². The predicted molar refractivity (Wildman–Crippen MR) is 101 cm³/mol. The number of benzene rings is 1. The molecule has 1 aromatic rings. The van der Waals surface area contributed by atoms with Crippen LogP contribution in [0, 0.1) is 0 Å². The maximum Gasteiger partial charge on any atom is 0.410 e. The minimum atomic E-state index is -1.05. The molecule has 0 aromatic heterocycles. The summed E-state index contributed by atoms with van der Waals surface area (Å²) in [6.07, 6.45) is 3.18. The number of hydrogen-bond donors (Lipinski definition) is 1. The molecule has 27 heavy (non-hydrogen) atoms. The highest BCUT2D eigenvalue weighted by atomic mass is 16.6. The fourth-order valence-electron chi connectivity index (χ4n) is 3.09. The van der Waals surface area contributed by atoms with Gasteiger partial charge in [0.1, 0.15) is 22.7 Å². The Kier molecular flexibility index (Phi) is 6.93. The van der Waals surface area contributed by atoms with Gasteiger partial charge in [-0.3, -0.25) is 0 Å². The first-order chi connectivity index (χ1) is 12.7. The summed E-state index contributed by atoms with van der Waals surface area (Å²) in [4.78, 5) is 25.6. The molecule has 1 amide bonds. The number of hydrogen-bond acceptors (Lipinski definition) is 5. The third kappa shape index (κ3) is 6.05. The number of carboxylic acid groups (broad SMARTS) is 1. The van der Waals surface area contributed by atoms with Gasteiger partial charge >= 0.3 is 12.1 Å². The number of carbonyl (C=O) groups is 2. The van der Waals surface area contributed by atoms with Crippen molar-refractivity contribution in [1.29, 1.82) is 0 Å². The first-order valence-electron chi connectivity index (χ1n) is 9.25. The fraction of sp³-hybridized carbons (Fsp3) is 0.600. The zero-order valence-corrected chi connectivity index (χ0v) is 16.5. The molecule has 1 aliphatic heterocycles. The normalized spacial score (nSPS) is 17.3. The van der Waals surface area contributed by atoms with Crippen molar-refractivity contribution in [2.75, 3.05) is 20.3 Å². The quantitative estimate of drug-likeness (QED) is 0.805.